The van der Waals surface area contributed by atoms with Crippen LogP contribution in [-0.4, -0.2) is 18.0 Å². The van der Waals surface area contributed by atoms with Gasteiger partial charge in [-0.1, -0.05) is 18.2 Å². The van der Waals surface area contributed by atoms with Crippen molar-refractivity contribution in [3.05, 3.63) is 83.2 Å². The van der Waals surface area contributed by atoms with Crippen molar-refractivity contribution in [3.8, 4) is 5.75 Å². The van der Waals surface area contributed by atoms with Crippen LogP contribution in [0.2, 0.25) is 0 Å². The van der Waals surface area contributed by atoms with Gasteiger partial charge in [0, 0.05) is 12.2 Å². The van der Waals surface area contributed by atoms with Gasteiger partial charge < -0.3 is 15.4 Å². The second kappa shape index (κ2) is 8.36. The summed E-state index contributed by atoms with van der Waals surface area (Å²) in [6.45, 7) is 4.60. The number of ether oxygens (including phenoxy) is 1. The van der Waals surface area contributed by atoms with Crippen LogP contribution in [0.3, 0.4) is 0 Å². The molecule has 2 aromatic carbocycles. The highest BCUT2D eigenvalue weighted by atomic mass is 16.5. The zero-order chi connectivity index (χ0) is 19.2. The minimum atomic E-state index is -0.205. The molecule has 138 valence electrons. The summed E-state index contributed by atoms with van der Waals surface area (Å²) in [5.74, 6) is 0.585. The van der Waals surface area contributed by atoms with Gasteiger partial charge in [-0.2, -0.15) is 0 Å². The molecule has 0 saturated carbocycles. The number of rotatable bonds is 6. The topological polar surface area (TPSA) is 63.2 Å². The minimum absolute atomic E-state index is 0.205. The highest BCUT2D eigenvalue weighted by Crippen LogP contribution is 2.19. The third kappa shape index (κ3) is 4.85. The van der Waals surface area contributed by atoms with Gasteiger partial charge >= 0.3 is 0 Å². The molecule has 0 bridgehead atoms. The number of methoxy groups -OCH3 is 1. The number of hydrogen-bond donors (Lipinski definition) is 2. The van der Waals surface area contributed by atoms with Crippen LogP contribution in [0.15, 0.2) is 60.8 Å². The maximum absolute atomic E-state index is 12.3. The number of hydrogen-bond acceptors (Lipinski definition) is 4. The monoisotopic (exact) mass is 361 g/mol. The average molecular weight is 361 g/mol. The Morgan fingerprint density at radius 1 is 0.963 bits per heavy atom. The van der Waals surface area contributed by atoms with Crippen molar-refractivity contribution in [3.63, 3.8) is 0 Å². The van der Waals surface area contributed by atoms with E-state index in [0.717, 1.165) is 22.7 Å². The first-order chi connectivity index (χ1) is 13.0. The van der Waals surface area contributed by atoms with E-state index in [1.807, 2.05) is 36.4 Å². The van der Waals surface area contributed by atoms with Gasteiger partial charge in [0.2, 0.25) is 0 Å². The zero-order valence-corrected chi connectivity index (χ0v) is 15.7. The van der Waals surface area contributed by atoms with Crippen molar-refractivity contribution >= 4 is 17.3 Å². The van der Waals surface area contributed by atoms with E-state index in [0.29, 0.717) is 12.2 Å². The van der Waals surface area contributed by atoms with E-state index < -0.39 is 0 Å². The van der Waals surface area contributed by atoms with Gasteiger partial charge in [-0.25, -0.2) is 4.98 Å². The molecule has 0 unspecified atom stereocenters. The molecule has 27 heavy (non-hydrogen) atoms. The summed E-state index contributed by atoms with van der Waals surface area (Å²) >= 11 is 0. The quantitative estimate of drug-likeness (QED) is 0.684. The number of carbonyl (C=O) groups is 1. The van der Waals surface area contributed by atoms with Crippen LogP contribution in [-0.2, 0) is 6.54 Å². The Morgan fingerprint density at radius 2 is 1.70 bits per heavy atom. The van der Waals surface area contributed by atoms with E-state index >= 15 is 0 Å². The third-order valence-corrected chi connectivity index (χ3v) is 4.40. The Kier molecular flexibility index (Phi) is 5.71. The van der Waals surface area contributed by atoms with E-state index in [9.17, 15) is 4.79 Å². The number of benzene rings is 2. The number of pyridine rings is 1. The van der Waals surface area contributed by atoms with Crippen LogP contribution < -0.4 is 15.4 Å². The number of aryl methyl sites for hydroxylation is 2. The fourth-order valence-electron chi connectivity index (χ4n) is 2.60. The fraction of sp³-hybridized carbons (Fsp3) is 0.182. The van der Waals surface area contributed by atoms with Crippen LogP contribution >= 0.6 is 0 Å². The molecule has 0 spiro atoms. The lowest BCUT2D eigenvalue weighted by Gasteiger charge is -2.09. The van der Waals surface area contributed by atoms with Crippen molar-refractivity contribution in [2.24, 2.45) is 0 Å². The molecule has 0 aliphatic heterocycles. The summed E-state index contributed by atoms with van der Waals surface area (Å²) in [6, 6.07) is 17.3. The summed E-state index contributed by atoms with van der Waals surface area (Å²) in [4.78, 5) is 16.5. The molecule has 1 heterocycles. The van der Waals surface area contributed by atoms with E-state index in [4.69, 9.17) is 4.74 Å². The smallest absolute Gasteiger partial charge is 0.270 e. The second-order valence-electron chi connectivity index (χ2n) is 6.39. The first-order valence-electron chi connectivity index (χ1n) is 8.76. The molecule has 2 N–H and O–H groups in total. The largest absolute Gasteiger partial charge is 0.497 e. The Morgan fingerprint density at radius 3 is 2.33 bits per heavy atom. The lowest BCUT2D eigenvalue weighted by molar-refractivity contribution is 0.0946. The molecule has 5 nitrogen and oxygen atoms in total. The third-order valence-electron chi connectivity index (χ3n) is 4.40. The Labute approximate surface area is 159 Å². The van der Waals surface area contributed by atoms with Crippen molar-refractivity contribution < 1.29 is 9.53 Å². The Hall–Kier alpha value is -3.34. The molecule has 0 aliphatic carbocycles. The van der Waals surface area contributed by atoms with E-state index in [-0.39, 0.29) is 5.91 Å². The van der Waals surface area contributed by atoms with E-state index in [1.54, 1.807) is 19.4 Å². The molecule has 1 aromatic heterocycles. The molecular weight excluding hydrogens is 338 g/mol. The van der Waals surface area contributed by atoms with Crippen molar-refractivity contribution in [1.29, 1.82) is 0 Å². The van der Waals surface area contributed by atoms with Crippen LogP contribution in [0, 0.1) is 13.8 Å². The first kappa shape index (κ1) is 18.5. The summed E-state index contributed by atoms with van der Waals surface area (Å²) in [5, 5.41) is 6.17. The predicted octanol–water partition coefficient (Wildman–Crippen LogP) is 4.38. The number of anilines is 2. The van der Waals surface area contributed by atoms with Crippen LogP contribution in [0.4, 0.5) is 11.4 Å². The summed E-state index contributed by atoms with van der Waals surface area (Å²) in [7, 11) is 1.63. The van der Waals surface area contributed by atoms with Gasteiger partial charge in [-0.05, 0) is 66.9 Å². The van der Waals surface area contributed by atoms with Crippen molar-refractivity contribution in [2.75, 3.05) is 12.4 Å². The maximum Gasteiger partial charge on any atom is 0.270 e. The zero-order valence-electron chi connectivity index (χ0n) is 15.7. The SMILES string of the molecule is COc1ccc(CNC(=O)c2ccc(Nc3ccc(C)c(C)c3)cn2)cc1. The van der Waals surface area contributed by atoms with Crippen molar-refractivity contribution in [1.82, 2.24) is 10.3 Å². The molecule has 1 amide bonds. The van der Waals surface area contributed by atoms with E-state index in [1.165, 1.54) is 11.1 Å². The van der Waals surface area contributed by atoms with Gasteiger partial charge in [0.05, 0.1) is 19.0 Å². The van der Waals surface area contributed by atoms with Crippen LogP contribution in [0.1, 0.15) is 27.2 Å². The van der Waals surface area contributed by atoms with Crippen molar-refractivity contribution in [2.45, 2.75) is 20.4 Å². The molecule has 0 aliphatic rings. The fourth-order valence-corrected chi connectivity index (χ4v) is 2.60. The molecule has 0 radical (unpaired) electrons. The summed E-state index contributed by atoms with van der Waals surface area (Å²) in [5.41, 5.74) is 5.69. The van der Waals surface area contributed by atoms with E-state index in [2.05, 4.69) is 41.6 Å². The highest BCUT2D eigenvalue weighted by Gasteiger charge is 2.07. The van der Waals surface area contributed by atoms with Gasteiger partial charge in [-0.3, -0.25) is 4.79 Å². The van der Waals surface area contributed by atoms with Gasteiger partial charge in [-0.15, -0.1) is 0 Å². The molecule has 3 rings (SSSR count). The number of nitrogens with zero attached hydrogens (tertiary/aromatic N) is 1. The summed E-state index contributed by atoms with van der Waals surface area (Å²) in [6.07, 6.45) is 1.66. The maximum atomic E-state index is 12.3. The molecule has 0 fully saturated rings. The first-order valence-corrected chi connectivity index (χ1v) is 8.76. The van der Waals surface area contributed by atoms with Gasteiger partial charge in [0.25, 0.3) is 5.91 Å². The average Bonchev–Trinajstić information content (AvgIpc) is 2.70. The molecule has 0 saturated heterocycles. The number of carbonyl (C=O) groups excluding carboxylic acids is 1. The van der Waals surface area contributed by atoms with Crippen LogP contribution in [0.25, 0.3) is 0 Å². The lowest BCUT2D eigenvalue weighted by atomic mass is 10.1. The number of aromatic nitrogens is 1. The Balaban J connectivity index is 1.58. The van der Waals surface area contributed by atoms with Gasteiger partial charge in [0.1, 0.15) is 11.4 Å². The summed E-state index contributed by atoms with van der Waals surface area (Å²) < 4.78 is 5.13. The molecule has 3 aromatic rings. The normalized spacial score (nSPS) is 10.3. The molecule has 0 atom stereocenters. The minimum Gasteiger partial charge on any atom is -0.497 e. The van der Waals surface area contributed by atoms with Gasteiger partial charge in [0.15, 0.2) is 0 Å². The standard InChI is InChI=1S/C22H23N3O2/c1-15-4-7-18(12-16(15)2)25-19-8-11-21(23-14-19)22(26)24-13-17-5-9-20(27-3)10-6-17/h4-12,14,25H,13H2,1-3H3,(H,24,26). The highest BCUT2D eigenvalue weighted by molar-refractivity contribution is 5.92. The number of nitrogens with one attached hydrogen (secondary N) is 2. The van der Waals surface area contributed by atoms with Crippen LogP contribution in [0.5, 0.6) is 5.75 Å². The predicted molar refractivity (Wildman–Crippen MR) is 108 cm³/mol. The lowest BCUT2D eigenvalue weighted by Crippen LogP contribution is -2.23. The molecular formula is C22H23N3O2. The molecule has 5 heteroatoms. The Bertz CT molecular complexity index is 919. The second-order valence-corrected chi connectivity index (χ2v) is 6.39. The number of amides is 1.